The van der Waals surface area contributed by atoms with Gasteiger partial charge in [-0.15, -0.1) is 0 Å². The molecule has 0 saturated heterocycles. The second-order valence-corrected chi connectivity index (χ2v) is 7.08. The highest BCUT2D eigenvalue weighted by Crippen LogP contribution is 2.50. The minimum Gasteiger partial charge on any atom is -0.370 e. The van der Waals surface area contributed by atoms with Gasteiger partial charge in [-0.1, -0.05) is 47.5 Å². The monoisotopic (exact) mass is 322 g/mol. The Bertz CT molecular complexity index is 316. The lowest BCUT2D eigenvalue weighted by Gasteiger charge is -2.22. The van der Waals surface area contributed by atoms with E-state index in [1.54, 1.807) is 0 Å². The summed E-state index contributed by atoms with van der Waals surface area (Å²) < 4.78 is 28.2. The molecule has 0 bridgehead atoms. The molecule has 126 valence electrons. The van der Waals surface area contributed by atoms with E-state index in [1.165, 1.54) is 0 Å². The number of hydrogen-bond donors (Lipinski definition) is 0. The Kier molecular flexibility index (Phi) is 11.0. The number of carbonyl (C=O) groups excluding carboxylic acids is 1. The molecule has 0 amide bonds. The van der Waals surface area contributed by atoms with Gasteiger partial charge in [-0.25, -0.2) is 4.57 Å². The van der Waals surface area contributed by atoms with Gasteiger partial charge in [0.05, 0.1) is 19.1 Å². The molecule has 0 heterocycles. The SMILES string of the molecule is CCCCOP(=O)(OCCCC)OC(=O)C(CC)C(C)C. The highest BCUT2D eigenvalue weighted by atomic mass is 31.2. The second-order valence-electron chi connectivity index (χ2n) is 5.49. The first-order chi connectivity index (χ1) is 9.90. The molecule has 1 atom stereocenters. The molecule has 0 aromatic carbocycles. The van der Waals surface area contributed by atoms with Crippen LogP contribution in [0.4, 0.5) is 0 Å². The van der Waals surface area contributed by atoms with E-state index in [-0.39, 0.29) is 25.0 Å². The van der Waals surface area contributed by atoms with Gasteiger partial charge in [0.1, 0.15) is 0 Å². The highest BCUT2D eigenvalue weighted by Gasteiger charge is 2.34. The van der Waals surface area contributed by atoms with Crippen molar-refractivity contribution >= 4 is 13.8 Å². The van der Waals surface area contributed by atoms with Crippen molar-refractivity contribution in [3.05, 3.63) is 0 Å². The topological polar surface area (TPSA) is 61.8 Å². The first-order valence-corrected chi connectivity index (χ1v) is 9.48. The van der Waals surface area contributed by atoms with Gasteiger partial charge in [0, 0.05) is 0 Å². The summed E-state index contributed by atoms with van der Waals surface area (Å²) in [6.45, 7) is 10.3. The van der Waals surface area contributed by atoms with Crippen LogP contribution in [0.5, 0.6) is 0 Å². The van der Waals surface area contributed by atoms with Crippen molar-refractivity contribution in [2.75, 3.05) is 13.2 Å². The van der Waals surface area contributed by atoms with Gasteiger partial charge in [-0.05, 0) is 25.2 Å². The van der Waals surface area contributed by atoms with Crippen molar-refractivity contribution in [1.29, 1.82) is 0 Å². The molecule has 0 spiro atoms. The van der Waals surface area contributed by atoms with Crippen LogP contribution < -0.4 is 0 Å². The maximum Gasteiger partial charge on any atom is 0.532 e. The molecule has 0 aromatic heterocycles. The van der Waals surface area contributed by atoms with Gasteiger partial charge in [-0.3, -0.25) is 13.8 Å². The average Bonchev–Trinajstić information content (AvgIpc) is 2.39. The molecular weight excluding hydrogens is 291 g/mol. The Morgan fingerprint density at radius 3 is 1.81 bits per heavy atom. The molecule has 0 aliphatic carbocycles. The molecule has 0 radical (unpaired) electrons. The van der Waals surface area contributed by atoms with Crippen LogP contribution in [0.1, 0.15) is 66.7 Å². The summed E-state index contributed by atoms with van der Waals surface area (Å²) in [5.41, 5.74) is 0. The average molecular weight is 322 g/mol. The van der Waals surface area contributed by atoms with E-state index in [2.05, 4.69) is 0 Å². The second kappa shape index (κ2) is 11.2. The number of rotatable bonds is 12. The zero-order valence-electron chi connectivity index (χ0n) is 14.1. The summed E-state index contributed by atoms with van der Waals surface area (Å²) in [6, 6.07) is 0. The number of carbonyl (C=O) groups is 1. The van der Waals surface area contributed by atoms with Crippen molar-refractivity contribution in [2.45, 2.75) is 66.7 Å². The molecule has 6 heteroatoms. The molecule has 21 heavy (non-hydrogen) atoms. The van der Waals surface area contributed by atoms with Crippen LogP contribution in [0.25, 0.3) is 0 Å². The third-order valence-corrected chi connectivity index (χ3v) is 4.64. The van der Waals surface area contributed by atoms with Crippen molar-refractivity contribution in [1.82, 2.24) is 0 Å². The Morgan fingerprint density at radius 1 is 1.00 bits per heavy atom. The largest absolute Gasteiger partial charge is 0.532 e. The van der Waals surface area contributed by atoms with Gasteiger partial charge in [-0.2, -0.15) is 0 Å². The van der Waals surface area contributed by atoms with Gasteiger partial charge in [0.15, 0.2) is 0 Å². The molecule has 5 nitrogen and oxygen atoms in total. The van der Waals surface area contributed by atoms with E-state index in [1.807, 2.05) is 34.6 Å². The first-order valence-electron chi connectivity index (χ1n) is 8.02. The fourth-order valence-electron chi connectivity index (χ4n) is 1.82. The van der Waals surface area contributed by atoms with Crippen LogP contribution in [0.3, 0.4) is 0 Å². The summed E-state index contributed by atoms with van der Waals surface area (Å²) in [5.74, 6) is -0.658. The van der Waals surface area contributed by atoms with E-state index in [4.69, 9.17) is 13.6 Å². The quantitative estimate of drug-likeness (QED) is 0.375. The van der Waals surface area contributed by atoms with E-state index in [0.717, 1.165) is 25.7 Å². The molecule has 0 N–H and O–H groups in total. The van der Waals surface area contributed by atoms with Gasteiger partial charge >= 0.3 is 13.8 Å². The van der Waals surface area contributed by atoms with E-state index in [9.17, 15) is 9.36 Å². The van der Waals surface area contributed by atoms with Crippen molar-refractivity contribution in [3.8, 4) is 0 Å². The van der Waals surface area contributed by atoms with Crippen molar-refractivity contribution in [2.24, 2.45) is 11.8 Å². The van der Waals surface area contributed by atoms with Crippen LogP contribution in [0, 0.1) is 11.8 Å². The molecule has 0 aliphatic heterocycles. The molecule has 0 aromatic rings. The Balaban J connectivity index is 4.70. The lowest BCUT2D eigenvalue weighted by Crippen LogP contribution is -2.22. The molecule has 0 fully saturated rings. The standard InChI is InChI=1S/C15H31O5P/c1-6-9-11-18-21(17,19-12-10-7-2)20-15(16)14(8-3)13(4)5/h13-14H,6-12H2,1-5H3. The molecule has 0 saturated carbocycles. The van der Waals surface area contributed by atoms with Crippen molar-refractivity contribution < 1.29 is 22.9 Å². The lowest BCUT2D eigenvalue weighted by atomic mass is 9.94. The normalized spacial score (nSPS) is 13.4. The predicted octanol–water partition coefficient (Wildman–Crippen LogP) is 4.95. The van der Waals surface area contributed by atoms with Gasteiger partial charge in [0.25, 0.3) is 0 Å². The molecule has 1 unspecified atom stereocenters. The number of phosphoric ester groups is 1. The third-order valence-electron chi connectivity index (χ3n) is 3.24. The van der Waals surface area contributed by atoms with Crippen LogP contribution in [0.2, 0.25) is 0 Å². The predicted molar refractivity (Wildman–Crippen MR) is 84.0 cm³/mol. The maximum atomic E-state index is 12.5. The fourth-order valence-corrected chi connectivity index (χ4v) is 3.06. The third kappa shape index (κ3) is 8.60. The Morgan fingerprint density at radius 2 is 1.48 bits per heavy atom. The van der Waals surface area contributed by atoms with Crippen LogP contribution in [-0.2, 0) is 22.9 Å². The summed E-state index contributed by atoms with van der Waals surface area (Å²) in [4.78, 5) is 12.1. The number of unbranched alkanes of at least 4 members (excludes halogenated alkanes) is 2. The fraction of sp³-hybridized carbons (Fsp3) is 0.933. The Labute approximate surface area is 129 Å². The van der Waals surface area contributed by atoms with E-state index < -0.39 is 13.8 Å². The summed E-state index contributed by atoms with van der Waals surface area (Å²) in [6.07, 6.45) is 3.96. The molecular formula is C15H31O5P. The molecule has 0 rings (SSSR count). The zero-order chi connectivity index (χ0) is 16.3. The maximum absolute atomic E-state index is 12.5. The Hall–Kier alpha value is -0.380. The highest BCUT2D eigenvalue weighted by molar-refractivity contribution is 7.49. The smallest absolute Gasteiger partial charge is 0.370 e. The van der Waals surface area contributed by atoms with Crippen molar-refractivity contribution in [3.63, 3.8) is 0 Å². The number of hydrogen-bond acceptors (Lipinski definition) is 5. The van der Waals surface area contributed by atoms with E-state index >= 15 is 0 Å². The van der Waals surface area contributed by atoms with Gasteiger partial charge in [0.2, 0.25) is 0 Å². The van der Waals surface area contributed by atoms with Crippen LogP contribution in [0.15, 0.2) is 0 Å². The van der Waals surface area contributed by atoms with Crippen LogP contribution >= 0.6 is 7.82 Å². The number of phosphoric acid groups is 1. The first kappa shape index (κ1) is 20.6. The minimum absolute atomic E-state index is 0.127. The van der Waals surface area contributed by atoms with Crippen LogP contribution in [-0.4, -0.2) is 19.2 Å². The summed E-state index contributed by atoms with van der Waals surface area (Å²) in [5, 5.41) is 0. The lowest BCUT2D eigenvalue weighted by molar-refractivity contribution is -0.142. The van der Waals surface area contributed by atoms with Gasteiger partial charge < -0.3 is 4.52 Å². The zero-order valence-corrected chi connectivity index (χ0v) is 15.0. The minimum atomic E-state index is -3.79. The van der Waals surface area contributed by atoms with E-state index in [0.29, 0.717) is 6.42 Å². The molecule has 0 aliphatic rings. The summed E-state index contributed by atoms with van der Waals surface area (Å²) in [7, 11) is -3.79. The summed E-state index contributed by atoms with van der Waals surface area (Å²) >= 11 is 0.